The predicted octanol–water partition coefficient (Wildman–Crippen LogP) is 4.57. The minimum absolute atomic E-state index is 0.132. The van der Waals surface area contributed by atoms with Gasteiger partial charge in [-0.1, -0.05) is 13.8 Å². The van der Waals surface area contributed by atoms with Crippen LogP contribution in [0.25, 0.3) is 10.9 Å². The van der Waals surface area contributed by atoms with E-state index in [-0.39, 0.29) is 4.90 Å². The van der Waals surface area contributed by atoms with Gasteiger partial charge in [0.05, 0.1) is 27.4 Å². The van der Waals surface area contributed by atoms with Gasteiger partial charge in [0.15, 0.2) is 0 Å². The van der Waals surface area contributed by atoms with E-state index in [1.165, 1.54) is 28.6 Å². The fourth-order valence-corrected chi connectivity index (χ4v) is 5.92. The summed E-state index contributed by atoms with van der Waals surface area (Å²) in [4.78, 5) is 20.0. The molecule has 0 unspecified atom stereocenters. The second-order valence-corrected chi connectivity index (χ2v) is 10.3. The lowest BCUT2D eigenvalue weighted by Gasteiger charge is -2.24. The Balaban J connectivity index is 1.78. The average molecular weight is 485 g/mol. The number of nitrogens with zero attached hydrogens (tertiary/aromatic N) is 3. The Morgan fingerprint density at radius 1 is 1.09 bits per heavy atom. The van der Waals surface area contributed by atoms with Gasteiger partial charge in [0.2, 0.25) is 10.0 Å². The van der Waals surface area contributed by atoms with Crippen LogP contribution in [0.5, 0.6) is 0 Å². The third-order valence-electron chi connectivity index (χ3n) is 6.15. The van der Waals surface area contributed by atoms with Gasteiger partial charge in [-0.2, -0.15) is 4.31 Å². The first-order valence-electron chi connectivity index (χ1n) is 11.5. The van der Waals surface area contributed by atoms with E-state index in [2.05, 4.69) is 15.2 Å². The van der Waals surface area contributed by atoms with Crippen molar-refractivity contribution < 1.29 is 17.6 Å². The number of carbonyl (C=O) groups excluding carboxylic acids is 1. The van der Waals surface area contributed by atoms with Crippen molar-refractivity contribution in [2.75, 3.05) is 36.4 Å². The second-order valence-electron chi connectivity index (χ2n) is 8.39. The van der Waals surface area contributed by atoms with Gasteiger partial charge in [0.1, 0.15) is 5.82 Å². The van der Waals surface area contributed by atoms with Gasteiger partial charge in [0, 0.05) is 43.3 Å². The van der Waals surface area contributed by atoms with E-state index in [0.29, 0.717) is 40.9 Å². The zero-order chi connectivity index (χ0) is 24.5. The largest absolute Gasteiger partial charge is 0.370 e. The summed E-state index contributed by atoms with van der Waals surface area (Å²) in [5.41, 5.74) is 2.55. The highest BCUT2D eigenvalue weighted by Crippen LogP contribution is 2.33. The molecule has 0 bridgehead atoms. The SMILES string of the molecule is CCN(CC)S(=O)(=O)c1ccc(N2CCCC2)c(NC(=O)c2cc(C)nc3cc(F)ccc23)c1. The van der Waals surface area contributed by atoms with Crippen molar-refractivity contribution in [2.24, 2.45) is 0 Å². The number of fused-ring (bicyclic) bond motifs is 1. The molecule has 0 radical (unpaired) electrons. The topological polar surface area (TPSA) is 82.6 Å². The van der Waals surface area contributed by atoms with Crippen LogP contribution >= 0.6 is 0 Å². The molecule has 1 N–H and O–H groups in total. The van der Waals surface area contributed by atoms with E-state index in [0.717, 1.165) is 31.6 Å². The van der Waals surface area contributed by atoms with E-state index < -0.39 is 21.7 Å². The number of aryl methyl sites for hydroxylation is 1. The van der Waals surface area contributed by atoms with E-state index in [1.54, 1.807) is 39.0 Å². The molecule has 1 amide bonds. The third kappa shape index (κ3) is 4.63. The maximum atomic E-state index is 13.7. The number of benzene rings is 2. The Bertz CT molecular complexity index is 1330. The van der Waals surface area contributed by atoms with Crippen LogP contribution in [0.15, 0.2) is 47.4 Å². The molecule has 1 saturated heterocycles. The summed E-state index contributed by atoms with van der Waals surface area (Å²) in [5, 5.41) is 3.47. The number of hydrogen-bond acceptors (Lipinski definition) is 5. The van der Waals surface area contributed by atoms with Gasteiger partial charge < -0.3 is 10.2 Å². The lowest BCUT2D eigenvalue weighted by Crippen LogP contribution is -2.31. The molecule has 180 valence electrons. The molecule has 34 heavy (non-hydrogen) atoms. The van der Waals surface area contributed by atoms with Gasteiger partial charge in [-0.25, -0.2) is 12.8 Å². The van der Waals surface area contributed by atoms with E-state index in [9.17, 15) is 17.6 Å². The number of anilines is 2. The van der Waals surface area contributed by atoms with Crippen molar-refractivity contribution in [3.05, 3.63) is 59.5 Å². The maximum Gasteiger partial charge on any atom is 0.256 e. The van der Waals surface area contributed by atoms with Gasteiger partial charge in [-0.15, -0.1) is 0 Å². The van der Waals surface area contributed by atoms with Crippen LogP contribution < -0.4 is 10.2 Å². The molecule has 2 heterocycles. The molecule has 0 atom stereocenters. The molecule has 1 aromatic heterocycles. The molecule has 1 aliphatic heterocycles. The number of rotatable bonds is 7. The first-order chi connectivity index (χ1) is 16.2. The molecule has 7 nitrogen and oxygen atoms in total. The molecule has 3 aromatic rings. The maximum absolute atomic E-state index is 13.7. The number of aromatic nitrogens is 1. The molecule has 1 fully saturated rings. The zero-order valence-corrected chi connectivity index (χ0v) is 20.5. The van der Waals surface area contributed by atoms with Gasteiger partial charge in [-0.3, -0.25) is 9.78 Å². The second kappa shape index (κ2) is 9.68. The van der Waals surface area contributed by atoms with Crippen molar-refractivity contribution >= 4 is 38.2 Å². The monoisotopic (exact) mass is 484 g/mol. The quantitative estimate of drug-likeness (QED) is 0.531. The summed E-state index contributed by atoms with van der Waals surface area (Å²) < 4.78 is 41.4. The fraction of sp³-hybridized carbons (Fsp3) is 0.360. The number of halogens is 1. The Hall–Kier alpha value is -3.04. The highest BCUT2D eigenvalue weighted by atomic mass is 32.2. The number of amides is 1. The lowest BCUT2D eigenvalue weighted by molar-refractivity contribution is 0.102. The first kappa shape index (κ1) is 24.1. The Morgan fingerprint density at radius 2 is 1.79 bits per heavy atom. The zero-order valence-electron chi connectivity index (χ0n) is 19.6. The number of nitrogens with one attached hydrogen (secondary N) is 1. The van der Waals surface area contributed by atoms with Crippen LogP contribution in [-0.2, 0) is 10.0 Å². The molecule has 9 heteroatoms. The summed E-state index contributed by atoms with van der Waals surface area (Å²) in [5.74, 6) is -0.831. The van der Waals surface area contributed by atoms with Crippen LogP contribution in [0, 0.1) is 12.7 Å². The summed E-state index contributed by atoms with van der Waals surface area (Å²) in [6.45, 7) is 7.71. The van der Waals surface area contributed by atoms with Crippen LogP contribution in [0.3, 0.4) is 0 Å². The average Bonchev–Trinajstić information content (AvgIpc) is 3.33. The molecular weight excluding hydrogens is 455 g/mol. The Kier molecular flexibility index (Phi) is 6.86. The molecule has 0 aliphatic carbocycles. The number of sulfonamides is 1. The normalized spacial score (nSPS) is 14.2. The van der Waals surface area contributed by atoms with Crippen molar-refractivity contribution in [1.29, 1.82) is 0 Å². The van der Waals surface area contributed by atoms with Gasteiger partial charge in [0.25, 0.3) is 5.91 Å². The minimum atomic E-state index is -3.70. The van der Waals surface area contributed by atoms with Crippen molar-refractivity contribution in [1.82, 2.24) is 9.29 Å². The van der Waals surface area contributed by atoms with Crippen LogP contribution in [0.1, 0.15) is 42.7 Å². The predicted molar refractivity (Wildman–Crippen MR) is 132 cm³/mol. The summed E-state index contributed by atoms with van der Waals surface area (Å²) in [6.07, 6.45) is 2.07. The summed E-state index contributed by atoms with van der Waals surface area (Å²) >= 11 is 0. The van der Waals surface area contributed by atoms with Crippen molar-refractivity contribution in [3.63, 3.8) is 0 Å². The van der Waals surface area contributed by atoms with E-state index in [4.69, 9.17) is 0 Å². The number of carbonyl (C=O) groups is 1. The highest BCUT2D eigenvalue weighted by Gasteiger charge is 2.25. The van der Waals surface area contributed by atoms with Gasteiger partial charge >= 0.3 is 0 Å². The van der Waals surface area contributed by atoms with Gasteiger partial charge in [-0.05, 0) is 56.2 Å². The molecule has 1 aliphatic rings. The minimum Gasteiger partial charge on any atom is -0.370 e. The number of hydrogen-bond donors (Lipinski definition) is 1. The van der Waals surface area contributed by atoms with E-state index in [1.807, 2.05) is 0 Å². The number of pyridine rings is 1. The van der Waals surface area contributed by atoms with Crippen LogP contribution in [0.2, 0.25) is 0 Å². The molecule has 0 saturated carbocycles. The van der Waals surface area contributed by atoms with Crippen LogP contribution in [0.4, 0.5) is 15.8 Å². The van der Waals surface area contributed by atoms with Crippen molar-refractivity contribution in [2.45, 2.75) is 38.5 Å². The third-order valence-corrected chi connectivity index (χ3v) is 8.20. The molecule has 4 rings (SSSR count). The molecule has 2 aromatic carbocycles. The molecular formula is C25H29FN4O3S. The first-order valence-corrected chi connectivity index (χ1v) is 13.0. The summed E-state index contributed by atoms with van der Waals surface area (Å²) in [7, 11) is -3.70. The Labute approximate surface area is 199 Å². The lowest BCUT2D eigenvalue weighted by atomic mass is 10.1. The van der Waals surface area contributed by atoms with Crippen molar-refractivity contribution in [3.8, 4) is 0 Å². The smallest absolute Gasteiger partial charge is 0.256 e. The highest BCUT2D eigenvalue weighted by molar-refractivity contribution is 7.89. The molecule has 0 spiro atoms. The van der Waals surface area contributed by atoms with E-state index >= 15 is 0 Å². The fourth-order valence-electron chi connectivity index (χ4n) is 4.43. The summed E-state index contributed by atoms with van der Waals surface area (Å²) in [6, 6.07) is 10.7. The Morgan fingerprint density at radius 3 is 2.47 bits per heavy atom. The van der Waals surface area contributed by atoms with Crippen LogP contribution in [-0.4, -0.2) is 49.8 Å². The standard InChI is InChI=1S/C25H29FN4O3S/c1-4-30(5-2)34(32,33)19-9-11-24(29-12-6-7-13-29)23(16-19)28-25(31)21-14-17(3)27-22-15-18(26)8-10-20(21)22/h8-11,14-16H,4-7,12-13H2,1-3H3,(H,28,31).